The normalized spacial score (nSPS) is 11.1. The van der Waals surface area contributed by atoms with Gasteiger partial charge in [-0.1, -0.05) is 18.2 Å². The van der Waals surface area contributed by atoms with Crippen molar-refractivity contribution < 1.29 is 17.2 Å². The molecule has 20 heavy (non-hydrogen) atoms. The van der Waals surface area contributed by atoms with E-state index < -0.39 is 10.4 Å². The SMILES string of the molecule is Cc1cc(Nc2ccccc2)nc(N)c1OS(=O)(=O)O. The average Bonchev–Trinajstić information content (AvgIpc) is 2.34. The van der Waals surface area contributed by atoms with Gasteiger partial charge in [-0.2, -0.15) is 8.42 Å². The Labute approximate surface area is 116 Å². The van der Waals surface area contributed by atoms with Crippen molar-refractivity contribution in [3.8, 4) is 5.75 Å². The molecule has 0 aliphatic carbocycles. The summed E-state index contributed by atoms with van der Waals surface area (Å²) in [5.41, 5.74) is 6.86. The molecule has 0 amide bonds. The zero-order valence-corrected chi connectivity index (χ0v) is 11.4. The Morgan fingerprint density at radius 2 is 1.95 bits per heavy atom. The maximum absolute atomic E-state index is 10.7. The molecule has 1 aromatic carbocycles. The lowest BCUT2D eigenvalue weighted by Gasteiger charge is -2.11. The summed E-state index contributed by atoms with van der Waals surface area (Å²) in [6.07, 6.45) is 0. The second kappa shape index (κ2) is 5.35. The van der Waals surface area contributed by atoms with Crippen LogP contribution in [0.15, 0.2) is 36.4 Å². The highest BCUT2D eigenvalue weighted by Gasteiger charge is 2.15. The van der Waals surface area contributed by atoms with E-state index in [1.54, 1.807) is 13.0 Å². The Morgan fingerprint density at radius 1 is 1.30 bits per heavy atom. The molecule has 7 nitrogen and oxygen atoms in total. The number of anilines is 3. The van der Waals surface area contributed by atoms with Crippen molar-refractivity contribution in [3.05, 3.63) is 42.0 Å². The standard InChI is InChI=1S/C12H13N3O4S/c1-8-7-10(14-9-5-3-2-4-6-9)15-12(13)11(8)19-20(16,17)18/h2-7H,1H3,(H3,13,14,15)(H,16,17,18). The Morgan fingerprint density at radius 3 is 2.50 bits per heavy atom. The van der Waals surface area contributed by atoms with Gasteiger partial charge in [0, 0.05) is 11.3 Å². The van der Waals surface area contributed by atoms with Gasteiger partial charge in [0.1, 0.15) is 5.82 Å². The van der Waals surface area contributed by atoms with Crippen LogP contribution < -0.4 is 15.2 Å². The lowest BCUT2D eigenvalue weighted by molar-refractivity contribution is 0.386. The fourth-order valence-electron chi connectivity index (χ4n) is 1.63. The van der Waals surface area contributed by atoms with E-state index in [0.717, 1.165) is 5.69 Å². The molecule has 0 spiro atoms. The van der Waals surface area contributed by atoms with Crippen molar-refractivity contribution in [3.63, 3.8) is 0 Å². The molecule has 0 bridgehead atoms. The summed E-state index contributed by atoms with van der Waals surface area (Å²) in [6.45, 7) is 1.59. The Hall–Kier alpha value is -2.32. The molecule has 8 heteroatoms. The number of benzene rings is 1. The minimum absolute atomic E-state index is 0.138. The molecular weight excluding hydrogens is 282 g/mol. The van der Waals surface area contributed by atoms with Gasteiger partial charge < -0.3 is 15.2 Å². The van der Waals surface area contributed by atoms with Crippen molar-refractivity contribution in [2.75, 3.05) is 11.1 Å². The third kappa shape index (κ3) is 3.59. The van der Waals surface area contributed by atoms with E-state index in [1.807, 2.05) is 30.3 Å². The lowest BCUT2D eigenvalue weighted by atomic mass is 10.2. The first-order chi connectivity index (χ1) is 9.35. The Bertz CT molecular complexity index is 694. The smallest absolute Gasteiger partial charge is 0.380 e. The minimum atomic E-state index is -4.63. The van der Waals surface area contributed by atoms with Crippen molar-refractivity contribution in [2.45, 2.75) is 6.92 Å². The van der Waals surface area contributed by atoms with Crippen LogP contribution in [-0.4, -0.2) is 18.0 Å². The number of nitrogens with one attached hydrogen (secondary N) is 1. The first-order valence-corrected chi connectivity index (χ1v) is 6.98. The second-order valence-electron chi connectivity index (χ2n) is 4.04. The summed E-state index contributed by atoms with van der Waals surface area (Å²) < 4.78 is 34.5. The quantitative estimate of drug-likeness (QED) is 0.738. The highest BCUT2D eigenvalue weighted by molar-refractivity contribution is 7.81. The van der Waals surface area contributed by atoms with Gasteiger partial charge >= 0.3 is 10.4 Å². The zero-order valence-electron chi connectivity index (χ0n) is 10.6. The van der Waals surface area contributed by atoms with Crippen LogP contribution in [0.3, 0.4) is 0 Å². The highest BCUT2D eigenvalue weighted by Crippen LogP contribution is 2.29. The Balaban J connectivity index is 2.31. The molecule has 0 fully saturated rings. The van der Waals surface area contributed by atoms with Crippen LogP contribution in [0.1, 0.15) is 5.56 Å². The third-order valence-electron chi connectivity index (χ3n) is 2.42. The van der Waals surface area contributed by atoms with Gasteiger partial charge in [-0.15, -0.1) is 0 Å². The van der Waals surface area contributed by atoms with Crippen LogP contribution in [0.5, 0.6) is 5.75 Å². The molecule has 1 aromatic heterocycles. The number of nitrogens with two attached hydrogens (primary N) is 1. The van der Waals surface area contributed by atoms with Gasteiger partial charge in [-0.25, -0.2) is 4.98 Å². The van der Waals surface area contributed by atoms with Crippen LogP contribution in [0.4, 0.5) is 17.3 Å². The number of nitrogens with zero attached hydrogens (tertiary/aromatic N) is 1. The van der Waals surface area contributed by atoms with Crippen molar-refractivity contribution in [2.24, 2.45) is 0 Å². The summed E-state index contributed by atoms with van der Waals surface area (Å²) >= 11 is 0. The number of hydrogen-bond acceptors (Lipinski definition) is 6. The van der Waals surface area contributed by atoms with E-state index in [2.05, 4.69) is 14.5 Å². The van der Waals surface area contributed by atoms with Crippen LogP contribution in [0.25, 0.3) is 0 Å². The van der Waals surface area contributed by atoms with Gasteiger partial charge in [0.05, 0.1) is 0 Å². The molecule has 0 saturated carbocycles. The Kier molecular flexibility index (Phi) is 3.77. The van der Waals surface area contributed by atoms with E-state index in [-0.39, 0.29) is 11.6 Å². The van der Waals surface area contributed by atoms with Crippen LogP contribution in [0, 0.1) is 6.92 Å². The highest BCUT2D eigenvalue weighted by atomic mass is 32.3. The number of aromatic nitrogens is 1. The van der Waals surface area contributed by atoms with Crippen LogP contribution in [-0.2, 0) is 10.4 Å². The number of hydrogen-bond donors (Lipinski definition) is 3. The van der Waals surface area contributed by atoms with Gasteiger partial charge in [0.25, 0.3) is 0 Å². The fraction of sp³-hybridized carbons (Fsp3) is 0.0833. The third-order valence-corrected chi connectivity index (χ3v) is 2.80. The van der Waals surface area contributed by atoms with Crippen LogP contribution in [0.2, 0.25) is 0 Å². The van der Waals surface area contributed by atoms with Crippen LogP contribution >= 0.6 is 0 Å². The molecule has 0 aliphatic heterocycles. The van der Waals surface area contributed by atoms with Crippen molar-refractivity contribution in [1.82, 2.24) is 4.98 Å². The molecule has 0 atom stereocenters. The predicted octanol–water partition coefficient (Wildman–Crippen LogP) is 1.90. The first kappa shape index (κ1) is 14.1. The lowest BCUT2D eigenvalue weighted by Crippen LogP contribution is -2.11. The van der Waals surface area contributed by atoms with Gasteiger partial charge in [0.2, 0.25) is 0 Å². The topological polar surface area (TPSA) is 115 Å². The van der Waals surface area contributed by atoms with E-state index in [9.17, 15) is 8.42 Å². The van der Waals surface area contributed by atoms with Gasteiger partial charge in [-0.05, 0) is 25.1 Å². The maximum atomic E-state index is 10.7. The number of aryl methyl sites for hydroxylation is 1. The summed E-state index contributed by atoms with van der Waals surface area (Å²) in [6, 6.07) is 10.8. The molecule has 4 N–H and O–H groups in total. The minimum Gasteiger partial charge on any atom is -0.380 e. The number of rotatable bonds is 4. The second-order valence-corrected chi connectivity index (χ2v) is 5.06. The van der Waals surface area contributed by atoms with E-state index in [1.165, 1.54) is 0 Å². The maximum Gasteiger partial charge on any atom is 0.446 e. The van der Waals surface area contributed by atoms with E-state index in [4.69, 9.17) is 10.3 Å². The summed E-state index contributed by atoms with van der Waals surface area (Å²) in [5.74, 6) is 0.112. The average molecular weight is 295 g/mol. The van der Waals surface area contributed by atoms with E-state index in [0.29, 0.717) is 11.4 Å². The molecular formula is C12H13N3O4S. The fourth-order valence-corrected chi connectivity index (χ4v) is 2.06. The molecule has 0 aliphatic rings. The van der Waals surface area contributed by atoms with Crippen molar-refractivity contribution in [1.29, 1.82) is 0 Å². The molecule has 2 aromatic rings. The summed E-state index contributed by atoms with van der Waals surface area (Å²) in [5, 5.41) is 3.02. The monoisotopic (exact) mass is 295 g/mol. The number of pyridine rings is 1. The molecule has 0 saturated heterocycles. The van der Waals surface area contributed by atoms with E-state index >= 15 is 0 Å². The summed E-state index contributed by atoms with van der Waals surface area (Å²) in [4.78, 5) is 3.98. The van der Waals surface area contributed by atoms with Gasteiger partial charge in [0.15, 0.2) is 11.6 Å². The molecule has 106 valence electrons. The summed E-state index contributed by atoms with van der Waals surface area (Å²) in [7, 11) is -4.63. The molecule has 0 radical (unpaired) electrons. The zero-order chi connectivity index (χ0) is 14.8. The van der Waals surface area contributed by atoms with Gasteiger partial charge in [-0.3, -0.25) is 4.55 Å². The molecule has 1 heterocycles. The molecule has 2 rings (SSSR count). The number of nitrogen functional groups attached to an aromatic ring is 1. The predicted molar refractivity (Wildman–Crippen MR) is 75.3 cm³/mol. The molecule has 0 unspecified atom stereocenters. The first-order valence-electron chi connectivity index (χ1n) is 5.61. The number of para-hydroxylation sites is 1. The van der Waals surface area contributed by atoms with Crippen molar-refractivity contribution >= 4 is 27.7 Å². The largest absolute Gasteiger partial charge is 0.446 e.